The molecule has 2 N–H and O–H groups in total. The van der Waals surface area contributed by atoms with Crippen molar-refractivity contribution in [2.24, 2.45) is 0 Å². The Balaban J connectivity index is 0.000000391. The number of benzene rings is 1. The van der Waals surface area contributed by atoms with E-state index in [9.17, 15) is 19.1 Å². The number of ether oxygens (including phenoxy) is 2. The summed E-state index contributed by atoms with van der Waals surface area (Å²) in [4.78, 5) is 29.1. The van der Waals surface area contributed by atoms with Crippen molar-refractivity contribution in [1.82, 2.24) is 14.9 Å². The van der Waals surface area contributed by atoms with Gasteiger partial charge in [0, 0.05) is 19.3 Å². The number of hydrogen-bond acceptors (Lipinski definition) is 6. The first-order valence-electron chi connectivity index (χ1n) is 9.91. The zero-order valence-electron chi connectivity index (χ0n) is 17.1. The van der Waals surface area contributed by atoms with Crippen LogP contribution in [-0.2, 0) is 22.6 Å². The maximum Gasteiger partial charge on any atom is 0.267 e. The Labute approximate surface area is 178 Å². The number of pyridine rings is 2. The van der Waals surface area contributed by atoms with Crippen LogP contribution < -0.4 is 10.9 Å². The molecule has 9 heteroatoms. The van der Waals surface area contributed by atoms with Crippen molar-refractivity contribution in [3.8, 4) is 5.75 Å². The van der Waals surface area contributed by atoms with Gasteiger partial charge in [-0.3, -0.25) is 14.6 Å². The second kappa shape index (κ2) is 10.6. The molecule has 3 aromatic rings. The number of halogens is 1. The monoisotopic (exact) mass is 429 g/mol. The lowest BCUT2D eigenvalue weighted by atomic mass is 10.1. The van der Waals surface area contributed by atoms with Gasteiger partial charge in [-0.25, -0.2) is 4.39 Å². The first kappa shape index (κ1) is 22.4. The molecule has 0 aliphatic carbocycles. The Hall–Kier alpha value is -3.30. The van der Waals surface area contributed by atoms with Crippen molar-refractivity contribution in [3.63, 3.8) is 0 Å². The molecule has 31 heavy (non-hydrogen) atoms. The number of amides is 1. The predicted molar refractivity (Wildman–Crippen MR) is 113 cm³/mol. The first-order chi connectivity index (χ1) is 15.0. The molecule has 0 atom stereocenters. The number of aromatic nitrogens is 2. The number of nitrogens with zero attached hydrogens (tertiary/aromatic N) is 2. The number of nitrogens with one attached hydrogen (secondary N) is 1. The molecule has 0 radical (unpaired) electrons. The highest BCUT2D eigenvalue weighted by molar-refractivity contribution is 6.01. The maximum absolute atomic E-state index is 12.9. The third-order valence-corrected chi connectivity index (χ3v) is 4.65. The van der Waals surface area contributed by atoms with Gasteiger partial charge in [0.15, 0.2) is 5.75 Å². The molecule has 0 spiro atoms. The van der Waals surface area contributed by atoms with E-state index in [1.54, 1.807) is 19.1 Å². The Morgan fingerprint density at radius 3 is 2.39 bits per heavy atom. The van der Waals surface area contributed by atoms with Gasteiger partial charge in [-0.1, -0.05) is 12.1 Å². The summed E-state index contributed by atoms with van der Waals surface area (Å²) in [5, 5.41) is 12.9. The zero-order chi connectivity index (χ0) is 22.2. The van der Waals surface area contributed by atoms with Crippen molar-refractivity contribution in [2.45, 2.75) is 20.0 Å². The second-order valence-electron chi connectivity index (χ2n) is 6.68. The van der Waals surface area contributed by atoms with E-state index >= 15 is 0 Å². The molecule has 0 bridgehead atoms. The topological polar surface area (TPSA) is 103 Å². The van der Waals surface area contributed by atoms with Crippen LogP contribution in [0.25, 0.3) is 11.0 Å². The Kier molecular flexibility index (Phi) is 7.69. The maximum atomic E-state index is 12.9. The fraction of sp³-hybridized carbons (Fsp3) is 0.318. The van der Waals surface area contributed by atoms with Gasteiger partial charge in [0.25, 0.3) is 11.5 Å². The summed E-state index contributed by atoms with van der Waals surface area (Å²) in [6, 6.07) is 8.93. The van der Waals surface area contributed by atoms with E-state index in [-0.39, 0.29) is 23.4 Å². The minimum absolute atomic E-state index is 0.102. The third kappa shape index (κ3) is 5.44. The molecule has 1 fully saturated rings. The van der Waals surface area contributed by atoms with E-state index in [0.29, 0.717) is 17.6 Å². The van der Waals surface area contributed by atoms with E-state index in [1.807, 2.05) is 0 Å². The van der Waals surface area contributed by atoms with Crippen molar-refractivity contribution in [2.75, 3.05) is 26.4 Å². The van der Waals surface area contributed by atoms with Crippen LogP contribution >= 0.6 is 0 Å². The summed E-state index contributed by atoms with van der Waals surface area (Å²) in [6.45, 7) is 5.31. The standard InChI is InChI=1S/C18H16FN3O3.C4H8O2/c1-2-22-13-4-3-9-20-15(13)16(23)14(18(22)25)17(24)21-10-11-5-7-12(19)8-6-11;1-2-6-4-3-5-1/h3-9,23H,2,10H2,1H3,(H,21,24);1-4H2. The minimum Gasteiger partial charge on any atom is -0.505 e. The van der Waals surface area contributed by atoms with Gasteiger partial charge < -0.3 is 24.5 Å². The lowest BCUT2D eigenvalue weighted by Crippen LogP contribution is -2.33. The van der Waals surface area contributed by atoms with Crippen LogP contribution in [0.5, 0.6) is 5.75 Å². The van der Waals surface area contributed by atoms with Crippen molar-refractivity contribution >= 4 is 16.9 Å². The molecular weight excluding hydrogens is 405 g/mol. The molecular formula is C22H24FN3O5. The molecule has 1 aliphatic heterocycles. The average Bonchev–Trinajstić information content (AvgIpc) is 2.81. The normalized spacial score (nSPS) is 13.4. The molecule has 0 saturated carbocycles. The van der Waals surface area contributed by atoms with Gasteiger partial charge in [-0.05, 0) is 36.8 Å². The zero-order valence-corrected chi connectivity index (χ0v) is 17.1. The first-order valence-corrected chi connectivity index (χ1v) is 9.91. The number of carbonyl (C=O) groups is 1. The van der Waals surface area contributed by atoms with Crippen molar-refractivity contribution in [1.29, 1.82) is 0 Å². The van der Waals surface area contributed by atoms with Gasteiger partial charge in [-0.2, -0.15) is 0 Å². The van der Waals surface area contributed by atoms with Crippen LogP contribution in [0.15, 0.2) is 47.4 Å². The lowest BCUT2D eigenvalue weighted by molar-refractivity contribution is -0.0334. The highest BCUT2D eigenvalue weighted by atomic mass is 19.1. The summed E-state index contributed by atoms with van der Waals surface area (Å²) in [7, 11) is 0. The Bertz CT molecular complexity index is 1080. The van der Waals surface area contributed by atoms with Gasteiger partial charge >= 0.3 is 0 Å². The smallest absolute Gasteiger partial charge is 0.267 e. The van der Waals surface area contributed by atoms with E-state index in [1.165, 1.54) is 35.0 Å². The third-order valence-electron chi connectivity index (χ3n) is 4.65. The number of aromatic hydroxyl groups is 1. The van der Waals surface area contributed by atoms with Crippen LogP contribution in [0, 0.1) is 5.82 Å². The van der Waals surface area contributed by atoms with Gasteiger partial charge in [-0.15, -0.1) is 0 Å². The summed E-state index contributed by atoms with van der Waals surface area (Å²) >= 11 is 0. The van der Waals surface area contributed by atoms with Crippen LogP contribution in [0.3, 0.4) is 0 Å². The predicted octanol–water partition coefficient (Wildman–Crippen LogP) is 2.22. The molecule has 2 aromatic heterocycles. The van der Waals surface area contributed by atoms with Crippen molar-refractivity contribution in [3.05, 3.63) is 69.9 Å². The fourth-order valence-corrected chi connectivity index (χ4v) is 3.09. The lowest BCUT2D eigenvalue weighted by Gasteiger charge is -2.13. The molecule has 0 unspecified atom stereocenters. The number of hydrogen-bond donors (Lipinski definition) is 2. The molecule has 1 saturated heterocycles. The van der Waals surface area contributed by atoms with Crippen molar-refractivity contribution < 1.29 is 23.8 Å². The SMILES string of the molecule is C1COCCO1.CCn1c(=O)c(C(=O)NCc2ccc(F)cc2)c(O)c2ncccc21. The average molecular weight is 429 g/mol. The van der Waals surface area contributed by atoms with Crippen LogP contribution in [0.4, 0.5) is 4.39 Å². The quantitative estimate of drug-likeness (QED) is 0.659. The van der Waals surface area contributed by atoms with Crippen LogP contribution in [0.2, 0.25) is 0 Å². The molecule has 1 amide bonds. The Morgan fingerprint density at radius 2 is 1.81 bits per heavy atom. The number of fused-ring (bicyclic) bond motifs is 1. The van der Waals surface area contributed by atoms with E-state index in [2.05, 4.69) is 10.3 Å². The highest BCUT2D eigenvalue weighted by Gasteiger charge is 2.22. The number of aryl methyl sites for hydroxylation is 1. The molecule has 1 aliphatic rings. The largest absolute Gasteiger partial charge is 0.505 e. The van der Waals surface area contributed by atoms with E-state index in [0.717, 1.165) is 26.4 Å². The molecule has 1 aromatic carbocycles. The Morgan fingerprint density at radius 1 is 1.16 bits per heavy atom. The summed E-state index contributed by atoms with van der Waals surface area (Å²) in [5.41, 5.74) is 0.384. The number of rotatable bonds is 4. The highest BCUT2D eigenvalue weighted by Crippen LogP contribution is 2.24. The van der Waals surface area contributed by atoms with Crippen LogP contribution in [-0.4, -0.2) is 47.0 Å². The fourth-order valence-electron chi connectivity index (χ4n) is 3.09. The minimum atomic E-state index is -0.707. The summed E-state index contributed by atoms with van der Waals surface area (Å²) in [5.74, 6) is -1.53. The number of carbonyl (C=O) groups excluding carboxylic acids is 1. The molecule has 3 heterocycles. The van der Waals surface area contributed by atoms with Gasteiger partial charge in [0.05, 0.1) is 31.9 Å². The van der Waals surface area contributed by atoms with E-state index < -0.39 is 17.2 Å². The molecule has 4 rings (SSSR count). The van der Waals surface area contributed by atoms with Crippen LogP contribution in [0.1, 0.15) is 22.8 Å². The molecule has 8 nitrogen and oxygen atoms in total. The van der Waals surface area contributed by atoms with E-state index in [4.69, 9.17) is 9.47 Å². The van der Waals surface area contributed by atoms with Gasteiger partial charge in [0.2, 0.25) is 0 Å². The summed E-state index contributed by atoms with van der Waals surface area (Å²) in [6.07, 6.45) is 1.48. The molecule has 164 valence electrons. The second-order valence-corrected chi connectivity index (χ2v) is 6.68. The van der Waals surface area contributed by atoms with Gasteiger partial charge in [0.1, 0.15) is 16.9 Å². The summed E-state index contributed by atoms with van der Waals surface area (Å²) < 4.78 is 24.2.